The van der Waals surface area contributed by atoms with Crippen molar-refractivity contribution < 1.29 is 14.4 Å². The summed E-state index contributed by atoms with van der Waals surface area (Å²) in [6, 6.07) is 6.90. The van der Waals surface area contributed by atoms with E-state index in [4.69, 9.17) is 5.41 Å². The Morgan fingerprint density at radius 1 is 1.06 bits per heavy atom. The quantitative estimate of drug-likeness (QED) is 0.170. The van der Waals surface area contributed by atoms with Crippen LogP contribution in [0.2, 0.25) is 0 Å². The number of hydrogen-bond donors (Lipinski definition) is 2. The van der Waals surface area contributed by atoms with Crippen molar-refractivity contribution in [2.24, 2.45) is 5.41 Å². The van der Waals surface area contributed by atoms with E-state index in [1.54, 1.807) is 17.3 Å². The predicted octanol–water partition coefficient (Wildman–Crippen LogP) is 6.27. The minimum absolute atomic E-state index is 0.0522. The average molecular weight is 779 g/mol. The van der Waals surface area contributed by atoms with Crippen molar-refractivity contribution in [2.75, 3.05) is 11.9 Å². The van der Waals surface area contributed by atoms with Gasteiger partial charge in [0.05, 0.1) is 37.4 Å². The molecular formula is C40H44BrN9O3. The number of carbonyl (C=O) groups is 3. The number of nitrogens with one attached hydrogen (secondary N) is 2. The lowest BCUT2D eigenvalue weighted by molar-refractivity contribution is -0.137. The van der Waals surface area contributed by atoms with Crippen LogP contribution in [0.5, 0.6) is 0 Å². The summed E-state index contributed by atoms with van der Waals surface area (Å²) in [7, 11) is 0. The first-order valence-electron chi connectivity index (χ1n) is 18.3. The number of Topliss-reactive ketones (excluding diaryl/α,β-unsaturated/α-hetero) is 2. The molecule has 53 heavy (non-hydrogen) atoms. The molecule has 1 unspecified atom stereocenters. The molecule has 1 aliphatic carbocycles. The summed E-state index contributed by atoms with van der Waals surface area (Å²) in [5, 5.41) is 21.0. The molecule has 3 aliphatic rings. The fourth-order valence-electron chi connectivity index (χ4n) is 7.88. The van der Waals surface area contributed by atoms with E-state index in [0.717, 1.165) is 66.5 Å². The number of hydrogen-bond acceptors (Lipinski definition) is 10. The van der Waals surface area contributed by atoms with Gasteiger partial charge in [0.2, 0.25) is 5.91 Å². The summed E-state index contributed by atoms with van der Waals surface area (Å²) in [4.78, 5) is 56.5. The molecule has 2 fully saturated rings. The van der Waals surface area contributed by atoms with Crippen LogP contribution < -0.4 is 5.32 Å². The van der Waals surface area contributed by atoms with Gasteiger partial charge in [0.25, 0.3) is 0 Å². The third-order valence-electron chi connectivity index (χ3n) is 10.8. The number of rotatable bonds is 6. The molecule has 4 bridgehead atoms. The van der Waals surface area contributed by atoms with Gasteiger partial charge in [-0.05, 0) is 109 Å². The minimum Gasteiger partial charge on any atom is -0.375 e. The Labute approximate surface area is 317 Å². The third kappa shape index (κ3) is 7.90. The van der Waals surface area contributed by atoms with Crippen LogP contribution in [-0.2, 0) is 33.8 Å². The van der Waals surface area contributed by atoms with E-state index >= 15 is 0 Å². The maximum Gasteiger partial charge on any atom is 0.242 e. The van der Waals surface area contributed by atoms with E-state index in [0.29, 0.717) is 46.8 Å². The number of allylic oxidation sites excluding steroid dienone is 1. The first kappa shape index (κ1) is 36.4. The Morgan fingerprint density at radius 2 is 1.85 bits per heavy atom. The molecule has 5 heterocycles. The number of pyridine rings is 1. The summed E-state index contributed by atoms with van der Waals surface area (Å²) >= 11 is 3.44. The Hall–Kier alpha value is -4.91. The predicted molar refractivity (Wildman–Crippen MR) is 206 cm³/mol. The van der Waals surface area contributed by atoms with Crippen molar-refractivity contribution in [3.05, 3.63) is 87.4 Å². The largest absolute Gasteiger partial charge is 0.375 e. The number of piperidine rings is 1. The molecule has 1 amide bonds. The van der Waals surface area contributed by atoms with E-state index in [9.17, 15) is 14.4 Å². The monoisotopic (exact) mass is 777 g/mol. The zero-order valence-corrected chi connectivity index (χ0v) is 31.9. The van der Waals surface area contributed by atoms with Crippen molar-refractivity contribution in [3.8, 4) is 11.1 Å². The number of carbonyl (C=O) groups excluding carboxylic acids is 3. The number of ketones is 2. The maximum absolute atomic E-state index is 14.4. The Morgan fingerprint density at radius 3 is 2.64 bits per heavy atom. The van der Waals surface area contributed by atoms with Gasteiger partial charge in [-0.25, -0.2) is 15.0 Å². The smallest absolute Gasteiger partial charge is 0.242 e. The zero-order valence-electron chi connectivity index (χ0n) is 30.4. The molecule has 7 rings (SSSR count). The number of aromatic nitrogens is 6. The summed E-state index contributed by atoms with van der Waals surface area (Å²) in [6.07, 6.45) is 16.6. The fourth-order valence-corrected chi connectivity index (χ4v) is 8.23. The number of halogens is 1. The normalized spacial score (nSPS) is 22.3. The van der Waals surface area contributed by atoms with Crippen molar-refractivity contribution in [3.63, 3.8) is 0 Å². The van der Waals surface area contributed by atoms with Crippen molar-refractivity contribution in [2.45, 2.75) is 97.2 Å². The number of nitrogens with zero attached hydrogens (tertiary/aromatic N) is 7. The van der Waals surface area contributed by atoms with Gasteiger partial charge in [-0.3, -0.25) is 24.5 Å². The SMILES string of the molecule is CC(=O)C(=N)c1cc(-c2cnc(C)nc2)cc2c1NCC(=O)N1C(C(=O)Cc3nc(Br)ccc3C)C[C@]3(C[C@@H]13)Cn1cc(nn1)/C=C/CCCCCC2. The Bertz CT molecular complexity index is 2110. The minimum atomic E-state index is -0.626. The highest BCUT2D eigenvalue weighted by Gasteiger charge is 2.67. The van der Waals surface area contributed by atoms with Crippen LogP contribution in [0.25, 0.3) is 17.2 Å². The van der Waals surface area contributed by atoms with Gasteiger partial charge in [0.1, 0.15) is 21.8 Å². The van der Waals surface area contributed by atoms with Gasteiger partial charge in [-0.2, -0.15) is 0 Å². The van der Waals surface area contributed by atoms with Crippen LogP contribution in [0.4, 0.5) is 5.69 Å². The summed E-state index contributed by atoms with van der Waals surface area (Å²) in [5.41, 5.74) is 5.48. The molecule has 2 N–H and O–H groups in total. The highest BCUT2D eigenvalue weighted by atomic mass is 79.9. The molecule has 0 radical (unpaired) electrons. The number of benzene rings is 1. The molecule has 4 aromatic rings. The fraction of sp³-hybridized carbons (Fsp3) is 0.425. The summed E-state index contributed by atoms with van der Waals surface area (Å²) in [5.74, 6) is 0.0158. The van der Waals surface area contributed by atoms with Crippen LogP contribution >= 0.6 is 15.9 Å². The molecule has 12 nitrogen and oxygen atoms in total. The zero-order chi connectivity index (χ0) is 37.3. The average Bonchev–Trinajstić information content (AvgIpc) is 3.45. The van der Waals surface area contributed by atoms with Gasteiger partial charge in [-0.15, -0.1) is 5.10 Å². The van der Waals surface area contributed by atoms with Crippen LogP contribution in [0.15, 0.2) is 53.5 Å². The summed E-state index contributed by atoms with van der Waals surface area (Å²) in [6.45, 7) is 5.60. The molecule has 1 saturated carbocycles. The van der Waals surface area contributed by atoms with E-state index < -0.39 is 6.04 Å². The lowest BCUT2D eigenvalue weighted by Crippen LogP contribution is -2.46. The van der Waals surface area contributed by atoms with Gasteiger partial charge >= 0.3 is 0 Å². The van der Waals surface area contributed by atoms with Crippen LogP contribution in [0.1, 0.15) is 85.8 Å². The number of fused-ring (bicyclic) bond motifs is 3. The van der Waals surface area contributed by atoms with Gasteiger partial charge in [0, 0.05) is 47.6 Å². The second-order valence-corrected chi connectivity index (χ2v) is 15.5. The Kier molecular flexibility index (Phi) is 10.5. The van der Waals surface area contributed by atoms with Crippen LogP contribution in [0, 0.1) is 24.7 Å². The lowest BCUT2D eigenvalue weighted by atomic mass is 9.92. The molecule has 274 valence electrons. The van der Waals surface area contributed by atoms with Gasteiger partial charge in [-0.1, -0.05) is 30.2 Å². The van der Waals surface area contributed by atoms with E-state index in [2.05, 4.69) is 58.7 Å². The highest BCUT2D eigenvalue weighted by molar-refractivity contribution is 9.10. The molecule has 1 aromatic carbocycles. The molecule has 13 heteroatoms. The van der Waals surface area contributed by atoms with Crippen LogP contribution in [0.3, 0.4) is 0 Å². The molecule has 3 aromatic heterocycles. The molecule has 2 aliphatic heterocycles. The molecule has 3 atom stereocenters. The maximum atomic E-state index is 14.4. The molecule has 1 saturated heterocycles. The molecular weight excluding hydrogens is 734 g/mol. The van der Waals surface area contributed by atoms with Crippen molar-refractivity contribution in [1.29, 1.82) is 5.41 Å². The van der Waals surface area contributed by atoms with E-state index in [-0.39, 0.29) is 47.6 Å². The first-order valence-corrected chi connectivity index (χ1v) is 19.1. The number of amides is 1. The highest BCUT2D eigenvalue weighted by Crippen LogP contribution is 2.60. The topological polar surface area (TPSA) is 160 Å². The first-order chi connectivity index (χ1) is 25.5. The van der Waals surface area contributed by atoms with Gasteiger partial charge < -0.3 is 10.2 Å². The Balaban J connectivity index is 1.24. The second-order valence-electron chi connectivity index (χ2n) is 14.7. The van der Waals surface area contributed by atoms with E-state index in [1.807, 2.05) is 49.0 Å². The number of aryl methyl sites for hydroxylation is 3. The van der Waals surface area contributed by atoms with Crippen molar-refractivity contribution in [1.82, 2.24) is 34.8 Å². The summed E-state index contributed by atoms with van der Waals surface area (Å²) < 4.78 is 2.50. The van der Waals surface area contributed by atoms with Crippen LogP contribution in [-0.4, -0.2) is 76.7 Å². The molecule has 0 spiro atoms. The second kappa shape index (κ2) is 15.2. The van der Waals surface area contributed by atoms with E-state index in [1.165, 1.54) is 6.92 Å². The lowest BCUT2D eigenvalue weighted by Gasteiger charge is -2.28. The van der Waals surface area contributed by atoms with Crippen molar-refractivity contribution >= 4 is 50.9 Å². The van der Waals surface area contributed by atoms with Gasteiger partial charge in [0.15, 0.2) is 11.6 Å². The third-order valence-corrected chi connectivity index (χ3v) is 11.3. The number of anilines is 1. The standard InChI is InChI=1S/C40H44BrN9O3/c1-24-12-13-36(41)46-32(24)16-34(52)33-17-40-18-35(40)50(33)37(53)21-45-39-27(10-8-6-4-5-7-9-11-30-22-49(23-40)48-47-30)14-28(15-31(39)38(42)25(2)51)29-19-43-26(3)44-20-29/h9,11-15,19-20,22,33,35,42,45H,4-8,10,16-18,21,23H2,1-3H3/b11-9+,42-38?/t33?,35-,40+/m1/s1.